The lowest BCUT2D eigenvalue weighted by molar-refractivity contribution is -0.388. The maximum absolute atomic E-state index is 12.3. The van der Waals surface area contributed by atoms with Crippen molar-refractivity contribution in [3.63, 3.8) is 0 Å². The molecule has 0 fully saturated rings. The topological polar surface area (TPSA) is 179 Å². The van der Waals surface area contributed by atoms with Crippen LogP contribution in [0.4, 0.5) is 11.4 Å². The van der Waals surface area contributed by atoms with Crippen LogP contribution in [0.2, 0.25) is 0 Å². The first-order chi connectivity index (χ1) is 15.1. The summed E-state index contributed by atoms with van der Waals surface area (Å²) >= 11 is 0. The summed E-state index contributed by atoms with van der Waals surface area (Å²) in [4.78, 5) is 19.6. The van der Waals surface area contributed by atoms with Crippen LogP contribution in [0.15, 0.2) is 58.3 Å². The molecule has 2 aromatic carbocycles. The van der Waals surface area contributed by atoms with Crippen LogP contribution in [-0.4, -0.2) is 39.8 Å². The molecule has 12 nitrogen and oxygen atoms in total. The van der Waals surface area contributed by atoms with Crippen molar-refractivity contribution in [1.29, 1.82) is 0 Å². The number of nitrogens with zero attached hydrogens (tertiary/aromatic N) is 2. The zero-order valence-corrected chi connectivity index (χ0v) is 18.5. The molecular formula is C18H22N4O8S2. The first-order valence-corrected chi connectivity index (χ1v) is 12.5. The summed E-state index contributed by atoms with van der Waals surface area (Å²) < 4.78 is 53.7. The van der Waals surface area contributed by atoms with Gasteiger partial charge in [-0.1, -0.05) is 37.1 Å². The van der Waals surface area contributed by atoms with Crippen LogP contribution >= 0.6 is 0 Å². The van der Waals surface area contributed by atoms with E-state index in [1.165, 1.54) is 24.3 Å². The molecule has 0 amide bonds. The molecule has 0 aliphatic carbocycles. The van der Waals surface area contributed by atoms with E-state index in [2.05, 4.69) is 9.44 Å². The highest BCUT2D eigenvalue weighted by atomic mass is 32.2. The van der Waals surface area contributed by atoms with Crippen LogP contribution in [0.3, 0.4) is 0 Å². The summed E-state index contributed by atoms with van der Waals surface area (Å²) in [6, 6.07) is 10.1. The molecule has 0 aromatic heterocycles. The number of nitrogens with one attached hydrogen (secondary N) is 2. The predicted molar refractivity (Wildman–Crippen MR) is 115 cm³/mol. The standard InChI is InChI=1S/C18H22N4O8S2/c23-21(24)15-9-3-5-11-17(15)31(27,28)19-13-7-1-2-8-14-20-32(29,30)18-12-6-4-10-16(18)22(25)26/h3-6,9-12,19-20H,1-2,7-8,13-14H2. The number of unbranched alkanes of at least 4 members (excludes halogenated alkanes) is 3. The number of hydrogen-bond acceptors (Lipinski definition) is 8. The Morgan fingerprint density at radius 3 is 1.31 bits per heavy atom. The third-order valence-corrected chi connectivity index (χ3v) is 7.41. The smallest absolute Gasteiger partial charge is 0.258 e. The first kappa shape index (κ1) is 25.3. The maximum atomic E-state index is 12.3. The Kier molecular flexibility index (Phi) is 8.77. The summed E-state index contributed by atoms with van der Waals surface area (Å²) in [7, 11) is -8.07. The van der Waals surface area contributed by atoms with E-state index in [9.17, 15) is 37.1 Å². The van der Waals surface area contributed by atoms with Gasteiger partial charge < -0.3 is 0 Å². The lowest BCUT2D eigenvalue weighted by Gasteiger charge is -2.08. The molecule has 0 radical (unpaired) electrons. The molecule has 0 heterocycles. The van der Waals surface area contributed by atoms with Crippen LogP contribution in [0, 0.1) is 20.2 Å². The van der Waals surface area contributed by atoms with Gasteiger partial charge in [-0.3, -0.25) is 20.2 Å². The van der Waals surface area contributed by atoms with Crippen LogP contribution in [-0.2, 0) is 20.0 Å². The summed E-state index contributed by atoms with van der Waals surface area (Å²) in [5.74, 6) is 0. The van der Waals surface area contributed by atoms with Gasteiger partial charge in [-0.15, -0.1) is 0 Å². The molecule has 32 heavy (non-hydrogen) atoms. The molecule has 0 aliphatic rings. The van der Waals surface area contributed by atoms with E-state index < -0.39 is 51.1 Å². The van der Waals surface area contributed by atoms with Crippen LogP contribution in [0.25, 0.3) is 0 Å². The molecule has 0 saturated carbocycles. The molecule has 0 saturated heterocycles. The number of benzene rings is 2. The quantitative estimate of drug-likeness (QED) is 0.246. The van der Waals surface area contributed by atoms with Gasteiger partial charge in [0.15, 0.2) is 9.79 Å². The van der Waals surface area contributed by atoms with E-state index in [4.69, 9.17) is 0 Å². The van der Waals surface area contributed by atoms with Gasteiger partial charge in [0.05, 0.1) is 9.85 Å². The van der Waals surface area contributed by atoms with Gasteiger partial charge >= 0.3 is 0 Å². The lowest BCUT2D eigenvalue weighted by atomic mass is 10.2. The van der Waals surface area contributed by atoms with Crippen molar-refractivity contribution < 1.29 is 26.7 Å². The molecule has 0 atom stereocenters. The fourth-order valence-corrected chi connectivity index (χ4v) is 5.33. The van der Waals surface area contributed by atoms with Crippen molar-refractivity contribution in [2.75, 3.05) is 13.1 Å². The largest absolute Gasteiger partial charge is 0.289 e. The molecule has 0 spiro atoms. The third kappa shape index (κ3) is 6.78. The Hall–Kier alpha value is -2.94. The fraction of sp³-hybridized carbons (Fsp3) is 0.333. The van der Waals surface area contributed by atoms with Crippen LogP contribution < -0.4 is 9.44 Å². The van der Waals surface area contributed by atoms with Gasteiger partial charge in [0.1, 0.15) is 0 Å². The summed E-state index contributed by atoms with van der Waals surface area (Å²) in [5.41, 5.74) is -1.02. The highest BCUT2D eigenvalue weighted by Crippen LogP contribution is 2.23. The number of sulfonamides is 2. The summed E-state index contributed by atoms with van der Waals surface area (Å²) in [5, 5.41) is 22.0. The highest BCUT2D eigenvalue weighted by molar-refractivity contribution is 7.90. The minimum atomic E-state index is -4.03. The van der Waals surface area contributed by atoms with Crippen LogP contribution in [0.5, 0.6) is 0 Å². The lowest BCUT2D eigenvalue weighted by Crippen LogP contribution is -2.26. The minimum Gasteiger partial charge on any atom is -0.258 e. The number of nitro benzene ring substituents is 2. The van der Waals surface area contributed by atoms with E-state index in [1.807, 2.05) is 0 Å². The van der Waals surface area contributed by atoms with E-state index in [1.54, 1.807) is 0 Å². The first-order valence-electron chi connectivity index (χ1n) is 9.52. The Morgan fingerprint density at radius 1 is 0.625 bits per heavy atom. The van der Waals surface area contributed by atoms with E-state index in [0.717, 1.165) is 24.3 Å². The average Bonchev–Trinajstić information content (AvgIpc) is 2.75. The summed E-state index contributed by atoms with van der Waals surface area (Å²) in [6.07, 6.45) is 2.03. The minimum absolute atomic E-state index is 0.0658. The molecule has 0 bridgehead atoms. The maximum Gasteiger partial charge on any atom is 0.289 e. The number of nitro groups is 2. The number of rotatable bonds is 13. The third-order valence-electron chi connectivity index (χ3n) is 4.39. The van der Waals surface area contributed by atoms with Gasteiger partial charge in [0.25, 0.3) is 11.4 Å². The van der Waals surface area contributed by atoms with Crippen molar-refractivity contribution >= 4 is 31.4 Å². The Morgan fingerprint density at radius 2 is 0.969 bits per heavy atom. The monoisotopic (exact) mass is 486 g/mol. The van der Waals surface area contributed by atoms with Crippen molar-refractivity contribution in [2.24, 2.45) is 0 Å². The molecule has 2 N–H and O–H groups in total. The molecule has 2 aromatic rings. The zero-order valence-electron chi connectivity index (χ0n) is 16.8. The van der Waals surface area contributed by atoms with E-state index in [0.29, 0.717) is 25.7 Å². The number of hydrogen-bond donors (Lipinski definition) is 2. The van der Waals surface area contributed by atoms with Crippen LogP contribution in [0.1, 0.15) is 25.7 Å². The average molecular weight is 487 g/mol. The van der Waals surface area contributed by atoms with E-state index >= 15 is 0 Å². The van der Waals surface area contributed by atoms with Crippen molar-refractivity contribution in [3.8, 4) is 0 Å². The molecule has 174 valence electrons. The molecule has 0 unspecified atom stereocenters. The Balaban J connectivity index is 1.75. The Bertz CT molecular complexity index is 1090. The molecule has 0 aliphatic heterocycles. The summed E-state index contributed by atoms with van der Waals surface area (Å²) in [6.45, 7) is 0.132. The van der Waals surface area contributed by atoms with Gasteiger partial charge in [-0.2, -0.15) is 0 Å². The van der Waals surface area contributed by atoms with Gasteiger partial charge in [-0.05, 0) is 25.0 Å². The second kappa shape index (κ2) is 11.1. The van der Waals surface area contributed by atoms with Gasteiger partial charge in [-0.25, -0.2) is 26.3 Å². The van der Waals surface area contributed by atoms with Crippen molar-refractivity contribution in [1.82, 2.24) is 9.44 Å². The SMILES string of the molecule is O=[N+]([O-])c1ccccc1S(=O)(=O)NCCCCCCNS(=O)(=O)c1ccccc1[N+](=O)[O-]. The van der Waals surface area contributed by atoms with E-state index in [-0.39, 0.29) is 13.1 Å². The molecular weight excluding hydrogens is 464 g/mol. The second-order valence-electron chi connectivity index (χ2n) is 6.66. The normalized spacial score (nSPS) is 11.9. The van der Waals surface area contributed by atoms with Crippen molar-refractivity contribution in [2.45, 2.75) is 35.5 Å². The van der Waals surface area contributed by atoms with Gasteiger partial charge in [0.2, 0.25) is 20.0 Å². The Labute approximate surface area is 185 Å². The number of para-hydroxylation sites is 2. The van der Waals surface area contributed by atoms with Crippen molar-refractivity contribution in [3.05, 3.63) is 68.8 Å². The zero-order chi connectivity index (χ0) is 23.8. The van der Waals surface area contributed by atoms with Gasteiger partial charge in [0, 0.05) is 25.2 Å². The second-order valence-corrected chi connectivity index (χ2v) is 10.1. The molecule has 2 rings (SSSR count). The highest BCUT2D eigenvalue weighted by Gasteiger charge is 2.25. The molecule has 14 heteroatoms. The fourth-order valence-electron chi connectivity index (χ4n) is 2.84. The predicted octanol–water partition coefficient (Wildman–Crippen LogP) is 2.32.